The zero-order valence-corrected chi connectivity index (χ0v) is 8.65. The number of hydrogen-bond acceptors (Lipinski definition) is 2. The Balaban J connectivity index is 3.16. The molecule has 3 nitrogen and oxygen atoms in total. The van der Waals surface area contributed by atoms with Crippen LogP contribution in [0.25, 0.3) is 0 Å². The van der Waals surface area contributed by atoms with Gasteiger partial charge in [0.25, 0.3) is 5.91 Å². The van der Waals surface area contributed by atoms with Crippen molar-refractivity contribution in [3.8, 4) is 0 Å². The smallest absolute Gasteiger partial charge is 0.260 e. The summed E-state index contributed by atoms with van der Waals surface area (Å²) in [5.74, 6) is -0.129. The number of unbranched alkanes of at least 4 members (excludes halogenated alkanes) is 3. The Morgan fingerprint density at radius 1 is 1.31 bits per heavy atom. The van der Waals surface area contributed by atoms with Crippen LogP contribution < -0.4 is 10.9 Å². The Bertz CT molecular complexity index is 166. The summed E-state index contributed by atoms with van der Waals surface area (Å²) in [6.07, 6.45) is 4.81. The second-order valence-electron chi connectivity index (χ2n) is 3.22. The van der Waals surface area contributed by atoms with Crippen LogP contribution in [0.5, 0.6) is 0 Å². The molecule has 0 radical (unpaired) electrons. The zero-order valence-electron chi connectivity index (χ0n) is 8.65. The van der Waals surface area contributed by atoms with Crippen LogP contribution >= 0.6 is 0 Å². The predicted octanol–water partition coefficient (Wildman–Crippen LogP) is 1.76. The SMILES string of the molecule is C=C(C)C(=O)NNCCCCCC. The third-order valence-corrected chi connectivity index (χ3v) is 1.74. The van der Waals surface area contributed by atoms with Crippen molar-refractivity contribution in [1.82, 2.24) is 10.9 Å². The lowest BCUT2D eigenvalue weighted by Crippen LogP contribution is -2.38. The molecule has 0 bridgehead atoms. The summed E-state index contributed by atoms with van der Waals surface area (Å²) in [5, 5.41) is 0. The summed E-state index contributed by atoms with van der Waals surface area (Å²) in [5.41, 5.74) is 5.96. The summed E-state index contributed by atoms with van der Waals surface area (Å²) < 4.78 is 0. The van der Waals surface area contributed by atoms with Crippen molar-refractivity contribution >= 4 is 5.91 Å². The van der Waals surface area contributed by atoms with Gasteiger partial charge in [0, 0.05) is 12.1 Å². The fraction of sp³-hybridized carbons (Fsp3) is 0.700. The molecule has 13 heavy (non-hydrogen) atoms. The average Bonchev–Trinajstić information content (AvgIpc) is 2.10. The Labute approximate surface area is 80.6 Å². The number of carbonyl (C=O) groups is 1. The predicted molar refractivity (Wildman–Crippen MR) is 55.1 cm³/mol. The summed E-state index contributed by atoms with van der Waals surface area (Å²) in [7, 11) is 0. The molecule has 2 N–H and O–H groups in total. The van der Waals surface area contributed by atoms with Crippen molar-refractivity contribution in [3.63, 3.8) is 0 Å². The van der Waals surface area contributed by atoms with Crippen molar-refractivity contribution in [2.45, 2.75) is 39.5 Å². The highest BCUT2D eigenvalue weighted by Crippen LogP contribution is 1.96. The lowest BCUT2D eigenvalue weighted by molar-refractivity contribution is -0.118. The highest BCUT2D eigenvalue weighted by atomic mass is 16.2. The van der Waals surface area contributed by atoms with E-state index in [2.05, 4.69) is 24.4 Å². The van der Waals surface area contributed by atoms with Gasteiger partial charge in [0.05, 0.1) is 0 Å². The van der Waals surface area contributed by atoms with Gasteiger partial charge in [-0.2, -0.15) is 0 Å². The highest BCUT2D eigenvalue weighted by Gasteiger charge is 1.98. The number of rotatable bonds is 7. The first-order valence-corrected chi connectivity index (χ1v) is 4.87. The van der Waals surface area contributed by atoms with E-state index < -0.39 is 0 Å². The van der Waals surface area contributed by atoms with Gasteiger partial charge in [-0.3, -0.25) is 10.2 Å². The molecule has 0 aromatic heterocycles. The lowest BCUT2D eigenvalue weighted by atomic mass is 10.2. The molecule has 3 heteroatoms. The molecule has 0 aliphatic carbocycles. The Kier molecular flexibility index (Phi) is 7.30. The summed E-state index contributed by atoms with van der Waals surface area (Å²) in [6.45, 7) is 8.23. The van der Waals surface area contributed by atoms with E-state index in [9.17, 15) is 4.79 Å². The van der Waals surface area contributed by atoms with E-state index in [4.69, 9.17) is 0 Å². The molecular weight excluding hydrogens is 164 g/mol. The number of hydrogen-bond donors (Lipinski definition) is 2. The van der Waals surface area contributed by atoms with Crippen molar-refractivity contribution in [3.05, 3.63) is 12.2 Å². The van der Waals surface area contributed by atoms with E-state index in [1.54, 1.807) is 6.92 Å². The second kappa shape index (κ2) is 7.80. The molecule has 1 amide bonds. The van der Waals surface area contributed by atoms with Crippen molar-refractivity contribution in [1.29, 1.82) is 0 Å². The van der Waals surface area contributed by atoms with Crippen molar-refractivity contribution in [2.75, 3.05) is 6.54 Å². The molecule has 0 aliphatic heterocycles. The topological polar surface area (TPSA) is 41.1 Å². The molecule has 0 saturated heterocycles. The first kappa shape index (κ1) is 12.2. The second-order valence-corrected chi connectivity index (χ2v) is 3.22. The Hall–Kier alpha value is -0.830. The molecule has 0 aliphatic rings. The fourth-order valence-corrected chi connectivity index (χ4v) is 0.890. The normalized spacial score (nSPS) is 9.69. The molecule has 0 aromatic rings. The standard InChI is InChI=1S/C10H20N2O/c1-4-5-6-7-8-11-12-10(13)9(2)3/h11H,2,4-8H2,1,3H3,(H,12,13). The lowest BCUT2D eigenvalue weighted by Gasteiger charge is -2.05. The molecule has 0 aromatic carbocycles. The molecule has 0 heterocycles. The minimum absolute atomic E-state index is 0.129. The van der Waals surface area contributed by atoms with E-state index in [0.29, 0.717) is 5.57 Å². The van der Waals surface area contributed by atoms with Gasteiger partial charge in [-0.1, -0.05) is 32.8 Å². The zero-order chi connectivity index (χ0) is 10.1. The van der Waals surface area contributed by atoms with Crippen LogP contribution in [0.4, 0.5) is 0 Å². The van der Waals surface area contributed by atoms with Crippen LogP contribution in [0, 0.1) is 0 Å². The molecule has 76 valence electrons. The Morgan fingerprint density at radius 2 is 2.00 bits per heavy atom. The van der Waals surface area contributed by atoms with Crippen LogP contribution in [0.2, 0.25) is 0 Å². The minimum atomic E-state index is -0.129. The maximum Gasteiger partial charge on any atom is 0.260 e. The van der Waals surface area contributed by atoms with Gasteiger partial charge in [-0.15, -0.1) is 0 Å². The molecule has 0 fully saturated rings. The van der Waals surface area contributed by atoms with Crippen molar-refractivity contribution in [2.24, 2.45) is 0 Å². The van der Waals surface area contributed by atoms with Crippen LogP contribution in [-0.4, -0.2) is 12.5 Å². The maximum atomic E-state index is 11.0. The molecule has 0 spiro atoms. The molecule has 0 saturated carbocycles. The number of hydrazine groups is 1. The van der Waals surface area contributed by atoms with E-state index >= 15 is 0 Å². The van der Waals surface area contributed by atoms with Gasteiger partial charge < -0.3 is 0 Å². The molecule has 0 atom stereocenters. The van der Waals surface area contributed by atoms with Crippen LogP contribution in [0.15, 0.2) is 12.2 Å². The molecule has 0 rings (SSSR count). The van der Waals surface area contributed by atoms with Gasteiger partial charge in [0.2, 0.25) is 0 Å². The van der Waals surface area contributed by atoms with Gasteiger partial charge in [0.15, 0.2) is 0 Å². The first-order chi connectivity index (χ1) is 6.18. The first-order valence-electron chi connectivity index (χ1n) is 4.87. The van der Waals surface area contributed by atoms with E-state index in [1.165, 1.54) is 19.3 Å². The molecule has 0 unspecified atom stereocenters. The third-order valence-electron chi connectivity index (χ3n) is 1.74. The van der Waals surface area contributed by atoms with E-state index in [0.717, 1.165) is 13.0 Å². The summed E-state index contributed by atoms with van der Waals surface area (Å²) in [6, 6.07) is 0. The van der Waals surface area contributed by atoms with Crippen LogP contribution in [-0.2, 0) is 4.79 Å². The van der Waals surface area contributed by atoms with E-state index in [-0.39, 0.29) is 5.91 Å². The quantitative estimate of drug-likeness (QED) is 0.359. The van der Waals surface area contributed by atoms with Crippen LogP contribution in [0.1, 0.15) is 39.5 Å². The largest absolute Gasteiger partial charge is 0.288 e. The van der Waals surface area contributed by atoms with Gasteiger partial charge in [-0.25, -0.2) is 5.43 Å². The Morgan fingerprint density at radius 3 is 2.54 bits per heavy atom. The third kappa shape index (κ3) is 7.53. The molecular formula is C10H20N2O. The maximum absolute atomic E-state index is 11.0. The van der Waals surface area contributed by atoms with Crippen molar-refractivity contribution < 1.29 is 4.79 Å². The van der Waals surface area contributed by atoms with Gasteiger partial charge in [-0.05, 0) is 13.3 Å². The monoisotopic (exact) mass is 184 g/mol. The number of amides is 1. The van der Waals surface area contributed by atoms with Gasteiger partial charge in [0.1, 0.15) is 0 Å². The van der Waals surface area contributed by atoms with Crippen LogP contribution in [0.3, 0.4) is 0 Å². The average molecular weight is 184 g/mol. The summed E-state index contributed by atoms with van der Waals surface area (Å²) in [4.78, 5) is 11.0. The minimum Gasteiger partial charge on any atom is -0.288 e. The fourth-order valence-electron chi connectivity index (χ4n) is 0.890. The number of carbonyl (C=O) groups excluding carboxylic acids is 1. The summed E-state index contributed by atoms with van der Waals surface area (Å²) >= 11 is 0. The highest BCUT2D eigenvalue weighted by molar-refractivity contribution is 5.91. The van der Waals surface area contributed by atoms with E-state index in [1.807, 2.05) is 0 Å². The van der Waals surface area contributed by atoms with Gasteiger partial charge >= 0.3 is 0 Å². The number of nitrogens with one attached hydrogen (secondary N) is 2.